The molecule has 3 aromatic rings. The van der Waals surface area contributed by atoms with Crippen molar-refractivity contribution in [3.8, 4) is 11.3 Å². The standard InChI is InChI=1S/C17H12ClFN2OS/c18-13-7-5-11(6-8-13)15-10-23-17(20-15)21-16(22)9-12-3-1-2-4-14(12)19/h1-8,10H,9H2,(H,20,21,22). The molecule has 0 aliphatic heterocycles. The van der Waals surface area contributed by atoms with Crippen LogP contribution < -0.4 is 5.32 Å². The van der Waals surface area contributed by atoms with Gasteiger partial charge in [-0.15, -0.1) is 11.3 Å². The van der Waals surface area contributed by atoms with E-state index in [0.29, 0.717) is 15.7 Å². The lowest BCUT2D eigenvalue weighted by Crippen LogP contribution is -2.15. The summed E-state index contributed by atoms with van der Waals surface area (Å²) < 4.78 is 13.5. The van der Waals surface area contributed by atoms with Crippen molar-refractivity contribution < 1.29 is 9.18 Å². The summed E-state index contributed by atoms with van der Waals surface area (Å²) in [6, 6.07) is 13.5. The van der Waals surface area contributed by atoms with Crippen LogP contribution in [-0.4, -0.2) is 10.9 Å². The molecule has 1 amide bonds. The Balaban J connectivity index is 1.68. The van der Waals surface area contributed by atoms with Gasteiger partial charge in [-0.1, -0.05) is 41.9 Å². The van der Waals surface area contributed by atoms with E-state index in [-0.39, 0.29) is 18.1 Å². The first-order chi connectivity index (χ1) is 11.1. The van der Waals surface area contributed by atoms with Crippen LogP contribution >= 0.6 is 22.9 Å². The number of hydrogen-bond acceptors (Lipinski definition) is 3. The Morgan fingerprint density at radius 1 is 1.17 bits per heavy atom. The van der Waals surface area contributed by atoms with Crippen LogP contribution in [0.2, 0.25) is 5.02 Å². The summed E-state index contributed by atoms with van der Waals surface area (Å²) in [5.41, 5.74) is 2.03. The van der Waals surface area contributed by atoms with Gasteiger partial charge in [-0.2, -0.15) is 0 Å². The fourth-order valence-corrected chi connectivity index (χ4v) is 2.92. The number of nitrogens with zero attached hydrogens (tertiary/aromatic N) is 1. The first kappa shape index (κ1) is 15.6. The van der Waals surface area contributed by atoms with Crippen LogP contribution in [0, 0.1) is 5.82 Å². The SMILES string of the molecule is O=C(Cc1ccccc1F)Nc1nc(-c2ccc(Cl)cc2)cs1. The van der Waals surface area contributed by atoms with Gasteiger partial charge in [0.2, 0.25) is 5.91 Å². The van der Waals surface area contributed by atoms with E-state index in [1.54, 1.807) is 30.3 Å². The molecule has 0 saturated heterocycles. The number of halogens is 2. The minimum absolute atomic E-state index is 0.0253. The molecule has 0 fully saturated rings. The third-order valence-corrected chi connectivity index (χ3v) is 4.21. The normalized spacial score (nSPS) is 10.5. The summed E-state index contributed by atoms with van der Waals surface area (Å²) in [5, 5.41) is 5.68. The maximum absolute atomic E-state index is 13.5. The summed E-state index contributed by atoms with van der Waals surface area (Å²) in [4.78, 5) is 16.4. The summed E-state index contributed by atoms with van der Waals surface area (Å²) in [6.07, 6.45) is -0.0253. The zero-order valence-corrected chi connectivity index (χ0v) is 13.5. The smallest absolute Gasteiger partial charge is 0.230 e. The average molecular weight is 347 g/mol. The molecule has 1 heterocycles. The predicted octanol–water partition coefficient (Wildman–Crippen LogP) is 4.78. The van der Waals surface area contributed by atoms with Gasteiger partial charge in [0.25, 0.3) is 0 Å². The van der Waals surface area contributed by atoms with Gasteiger partial charge in [-0.3, -0.25) is 4.79 Å². The van der Waals surface area contributed by atoms with Gasteiger partial charge in [0.1, 0.15) is 5.82 Å². The summed E-state index contributed by atoms with van der Waals surface area (Å²) in [7, 11) is 0. The molecule has 1 aromatic heterocycles. The van der Waals surface area contributed by atoms with Crippen molar-refractivity contribution in [1.82, 2.24) is 4.98 Å². The van der Waals surface area contributed by atoms with Crippen molar-refractivity contribution in [2.24, 2.45) is 0 Å². The van der Waals surface area contributed by atoms with E-state index >= 15 is 0 Å². The number of carbonyl (C=O) groups excluding carboxylic acids is 1. The number of nitrogens with one attached hydrogen (secondary N) is 1. The number of anilines is 1. The molecular weight excluding hydrogens is 335 g/mol. The summed E-state index contributed by atoms with van der Waals surface area (Å²) in [6.45, 7) is 0. The van der Waals surface area contributed by atoms with Crippen molar-refractivity contribution >= 4 is 34.0 Å². The van der Waals surface area contributed by atoms with E-state index in [1.165, 1.54) is 17.4 Å². The van der Waals surface area contributed by atoms with Crippen LogP contribution in [0.1, 0.15) is 5.56 Å². The zero-order chi connectivity index (χ0) is 16.2. The van der Waals surface area contributed by atoms with E-state index in [4.69, 9.17) is 11.6 Å². The Labute approximate surface area is 141 Å². The molecule has 0 radical (unpaired) electrons. The minimum atomic E-state index is -0.386. The summed E-state index contributed by atoms with van der Waals surface area (Å²) in [5.74, 6) is -0.684. The lowest BCUT2D eigenvalue weighted by atomic mass is 10.1. The number of benzene rings is 2. The van der Waals surface area contributed by atoms with Crippen molar-refractivity contribution in [3.05, 3.63) is 70.3 Å². The first-order valence-electron chi connectivity index (χ1n) is 6.86. The molecule has 1 N–H and O–H groups in total. The predicted molar refractivity (Wildman–Crippen MR) is 91.3 cm³/mol. The average Bonchev–Trinajstić information content (AvgIpc) is 2.98. The third kappa shape index (κ3) is 3.94. The van der Waals surface area contributed by atoms with E-state index in [9.17, 15) is 9.18 Å². The Morgan fingerprint density at radius 3 is 2.65 bits per heavy atom. The van der Waals surface area contributed by atoms with Crippen LogP contribution in [0.3, 0.4) is 0 Å². The maximum Gasteiger partial charge on any atom is 0.230 e. The molecular formula is C17H12ClFN2OS. The molecule has 0 saturated carbocycles. The van der Waals surface area contributed by atoms with E-state index in [0.717, 1.165) is 11.3 Å². The first-order valence-corrected chi connectivity index (χ1v) is 8.12. The molecule has 0 atom stereocenters. The van der Waals surface area contributed by atoms with Crippen molar-refractivity contribution in [3.63, 3.8) is 0 Å². The molecule has 3 rings (SSSR count). The van der Waals surface area contributed by atoms with E-state index < -0.39 is 0 Å². The van der Waals surface area contributed by atoms with E-state index in [2.05, 4.69) is 10.3 Å². The van der Waals surface area contributed by atoms with E-state index in [1.807, 2.05) is 17.5 Å². The van der Waals surface area contributed by atoms with Crippen LogP contribution in [0.4, 0.5) is 9.52 Å². The lowest BCUT2D eigenvalue weighted by molar-refractivity contribution is -0.115. The highest BCUT2D eigenvalue weighted by atomic mass is 35.5. The topological polar surface area (TPSA) is 42.0 Å². The zero-order valence-electron chi connectivity index (χ0n) is 11.9. The van der Waals surface area contributed by atoms with Crippen molar-refractivity contribution in [2.75, 3.05) is 5.32 Å². The van der Waals surface area contributed by atoms with Crippen molar-refractivity contribution in [2.45, 2.75) is 6.42 Å². The van der Waals surface area contributed by atoms with Gasteiger partial charge < -0.3 is 5.32 Å². The third-order valence-electron chi connectivity index (χ3n) is 3.20. The minimum Gasteiger partial charge on any atom is -0.302 e. The Kier molecular flexibility index (Phi) is 4.69. The number of hydrogen-bond donors (Lipinski definition) is 1. The van der Waals surface area contributed by atoms with Gasteiger partial charge in [-0.05, 0) is 23.8 Å². The second kappa shape index (κ2) is 6.89. The summed E-state index contributed by atoms with van der Waals surface area (Å²) >= 11 is 7.18. The monoisotopic (exact) mass is 346 g/mol. The van der Waals surface area contributed by atoms with Crippen LogP contribution in [0.15, 0.2) is 53.9 Å². The number of thiazole rings is 1. The Hall–Kier alpha value is -2.24. The van der Waals surface area contributed by atoms with Gasteiger partial charge in [0.05, 0.1) is 12.1 Å². The van der Waals surface area contributed by atoms with Gasteiger partial charge >= 0.3 is 0 Å². The fraction of sp³-hybridized carbons (Fsp3) is 0.0588. The molecule has 0 unspecified atom stereocenters. The number of carbonyl (C=O) groups is 1. The highest BCUT2D eigenvalue weighted by molar-refractivity contribution is 7.14. The molecule has 0 bridgehead atoms. The number of amides is 1. The highest BCUT2D eigenvalue weighted by Crippen LogP contribution is 2.26. The largest absolute Gasteiger partial charge is 0.302 e. The second-order valence-electron chi connectivity index (χ2n) is 4.86. The van der Waals surface area contributed by atoms with Crippen LogP contribution in [0.25, 0.3) is 11.3 Å². The Bertz CT molecular complexity index is 833. The molecule has 2 aromatic carbocycles. The molecule has 23 heavy (non-hydrogen) atoms. The lowest BCUT2D eigenvalue weighted by Gasteiger charge is -2.03. The number of aromatic nitrogens is 1. The molecule has 0 aliphatic rings. The highest BCUT2D eigenvalue weighted by Gasteiger charge is 2.11. The Morgan fingerprint density at radius 2 is 1.91 bits per heavy atom. The molecule has 0 aliphatic carbocycles. The molecule has 3 nitrogen and oxygen atoms in total. The van der Waals surface area contributed by atoms with Crippen molar-refractivity contribution in [1.29, 1.82) is 0 Å². The second-order valence-corrected chi connectivity index (χ2v) is 6.16. The molecule has 0 spiro atoms. The molecule has 116 valence electrons. The van der Waals surface area contributed by atoms with Crippen LogP contribution in [-0.2, 0) is 11.2 Å². The van der Waals surface area contributed by atoms with Gasteiger partial charge in [-0.25, -0.2) is 9.37 Å². The molecule has 6 heteroatoms. The van der Waals surface area contributed by atoms with Gasteiger partial charge in [0.15, 0.2) is 5.13 Å². The maximum atomic E-state index is 13.5. The van der Waals surface area contributed by atoms with Gasteiger partial charge in [0, 0.05) is 16.0 Å². The van der Waals surface area contributed by atoms with Crippen LogP contribution in [0.5, 0.6) is 0 Å². The quantitative estimate of drug-likeness (QED) is 0.738. The fourth-order valence-electron chi connectivity index (χ4n) is 2.06. The number of rotatable bonds is 4.